The lowest BCUT2D eigenvalue weighted by Gasteiger charge is -2.29. The molecule has 0 atom stereocenters. The van der Waals surface area contributed by atoms with E-state index in [-0.39, 0.29) is 18.2 Å². The first-order chi connectivity index (χ1) is 7.40. The number of amides is 1. The van der Waals surface area contributed by atoms with Crippen LogP contribution in [0.1, 0.15) is 46.5 Å². The Kier molecular flexibility index (Phi) is 4.56. The molecule has 0 spiro atoms. The summed E-state index contributed by atoms with van der Waals surface area (Å²) >= 11 is 0. The second-order valence-corrected chi connectivity index (χ2v) is 5.32. The van der Waals surface area contributed by atoms with Crippen LogP contribution in [0, 0.1) is 0 Å². The predicted octanol–water partition coefficient (Wildman–Crippen LogP) is 1.80. The van der Waals surface area contributed by atoms with Crippen LogP contribution in [-0.4, -0.2) is 29.0 Å². The van der Waals surface area contributed by atoms with Gasteiger partial charge in [-0.3, -0.25) is 0 Å². The number of ether oxygens (including phenoxy) is 1. The van der Waals surface area contributed by atoms with Crippen LogP contribution < -0.4 is 10.8 Å². The van der Waals surface area contributed by atoms with Crippen molar-refractivity contribution in [1.29, 1.82) is 0 Å². The normalized spacial score (nSPS) is 26.2. The topological polar surface area (TPSA) is 70.6 Å². The van der Waals surface area contributed by atoms with Crippen molar-refractivity contribution >= 4 is 6.09 Å². The number of hydroxylamine groups is 1. The molecule has 16 heavy (non-hydrogen) atoms. The van der Waals surface area contributed by atoms with E-state index in [1.807, 2.05) is 20.8 Å². The number of hydrogen-bond acceptors (Lipinski definition) is 4. The molecule has 0 aliphatic heterocycles. The summed E-state index contributed by atoms with van der Waals surface area (Å²) in [4.78, 5) is 11.5. The fraction of sp³-hybridized carbons (Fsp3) is 0.909. The molecule has 5 heteroatoms. The minimum absolute atomic E-state index is 0.164. The van der Waals surface area contributed by atoms with E-state index in [0.29, 0.717) is 0 Å². The molecule has 0 aromatic carbocycles. The molecule has 0 radical (unpaired) electrons. The molecule has 5 nitrogen and oxygen atoms in total. The average molecular weight is 230 g/mol. The van der Waals surface area contributed by atoms with Crippen LogP contribution in [0.2, 0.25) is 0 Å². The quantitative estimate of drug-likeness (QED) is 0.633. The molecule has 0 aromatic rings. The van der Waals surface area contributed by atoms with Gasteiger partial charge in [0.15, 0.2) is 0 Å². The highest BCUT2D eigenvalue weighted by atomic mass is 16.6. The zero-order valence-corrected chi connectivity index (χ0v) is 10.2. The first-order valence-electron chi connectivity index (χ1n) is 5.80. The smallest absolute Gasteiger partial charge is 0.407 e. The van der Waals surface area contributed by atoms with Crippen molar-refractivity contribution in [2.75, 3.05) is 0 Å². The highest BCUT2D eigenvalue weighted by Crippen LogP contribution is 2.18. The molecule has 1 saturated carbocycles. The van der Waals surface area contributed by atoms with Crippen molar-refractivity contribution in [1.82, 2.24) is 10.8 Å². The van der Waals surface area contributed by atoms with Crippen molar-refractivity contribution in [2.24, 2.45) is 0 Å². The Bertz CT molecular complexity index is 230. The van der Waals surface area contributed by atoms with Gasteiger partial charge in [-0.15, -0.1) is 0 Å². The third-order valence-corrected chi connectivity index (χ3v) is 2.63. The zero-order valence-electron chi connectivity index (χ0n) is 10.2. The molecule has 0 heterocycles. The van der Waals surface area contributed by atoms with E-state index in [0.717, 1.165) is 25.7 Å². The van der Waals surface area contributed by atoms with Gasteiger partial charge < -0.3 is 15.3 Å². The summed E-state index contributed by atoms with van der Waals surface area (Å²) in [5.41, 5.74) is 1.82. The van der Waals surface area contributed by atoms with Crippen LogP contribution >= 0.6 is 0 Å². The van der Waals surface area contributed by atoms with Gasteiger partial charge in [0.25, 0.3) is 0 Å². The van der Waals surface area contributed by atoms with Crippen molar-refractivity contribution in [3.63, 3.8) is 0 Å². The van der Waals surface area contributed by atoms with Gasteiger partial charge >= 0.3 is 6.09 Å². The standard InChI is InChI=1S/C11H22N2O3/c1-11(2,3)16-10(14)12-8-4-6-9(13-15)7-5-8/h8-9,13,15H,4-7H2,1-3H3,(H,12,14). The first kappa shape index (κ1) is 13.3. The van der Waals surface area contributed by atoms with Crippen molar-refractivity contribution in [3.05, 3.63) is 0 Å². The molecule has 1 aliphatic rings. The lowest BCUT2D eigenvalue weighted by Crippen LogP contribution is -2.43. The van der Waals surface area contributed by atoms with Gasteiger partial charge in [-0.25, -0.2) is 10.3 Å². The molecule has 0 bridgehead atoms. The Balaban J connectivity index is 2.26. The van der Waals surface area contributed by atoms with Gasteiger partial charge in [0.05, 0.1) is 0 Å². The highest BCUT2D eigenvalue weighted by molar-refractivity contribution is 5.68. The first-order valence-corrected chi connectivity index (χ1v) is 5.80. The molecular weight excluding hydrogens is 208 g/mol. The fourth-order valence-electron chi connectivity index (χ4n) is 1.84. The maximum Gasteiger partial charge on any atom is 0.407 e. The number of rotatable bonds is 2. The highest BCUT2D eigenvalue weighted by Gasteiger charge is 2.24. The zero-order chi connectivity index (χ0) is 12.2. The van der Waals surface area contributed by atoms with Gasteiger partial charge in [-0.1, -0.05) is 0 Å². The van der Waals surface area contributed by atoms with Crippen molar-refractivity contribution < 1.29 is 14.7 Å². The number of hydrogen-bond donors (Lipinski definition) is 3. The Hall–Kier alpha value is -0.810. The lowest BCUT2D eigenvalue weighted by atomic mass is 9.92. The molecule has 1 amide bonds. The van der Waals surface area contributed by atoms with Crippen molar-refractivity contribution in [2.45, 2.75) is 64.1 Å². The van der Waals surface area contributed by atoms with E-state index in [9.17, 15) is 4.79 Å². The van der Waals surface area contributed by atoms with Gasteiger partial charge in [-0.2, -0.15) is 0 Å². The molecule has 0 aromatic heterocycles. The number of carbonyl (C=O) groups excluding carboxylic acids is 1. The van der Waals surface area contributed by atoms with Crippen LogP contribution in [0.4, 0.5) is 4.79 Å². The molecule has 1 fully saturated rings. The van der Waals surface area contributed by atoms with Gasteiger partial charge in [-0.05, 0) is 46.5 Å². The number of carbonyl (C=O) groups is 1. The predicted molar refractivity (Wildman–Crippen MR) is 60.3 cm³/mol. The second kappa shape index (κ2) is 5.50. The average Bonchev–Trinajstić information content (AvgIpc) is 2.16. The summed E-state index contributed by atoms with van der Waals surface area (Å²) in [7, 11) is 0. The Morgan fingerprint density at radius 1 is 1.19 bits per heavy atom. The maximum absolute atomic E-state index is 11.5. The maximum atomic E-state index is 11.5. The van der Waals surface area contributed by atoms with Crippen LogP contribution in [0.25, 0.3) is 0 Å². The van der Waals surface area contributed by atoms with E-state index >= 15 is 0 Å². The van der Waals surface area contributed by atoms with E-state index < -0.39 is 5.60 Å². The van der Waals surface area contributed by atoms with Crippen LogP contribution in [0.15, 0.2) is 0 Å². The van der Waals surface area contributed by atoms with Crippen LogP contribution in [-0.2, 0) is 4.74 Å². The molecule has 1 rings (SSSR count). The summed E-state index contributed by atoms with van der Waals surface area (Å²) in [5, 5.41) is 11.6. The van der Waals surface area contributed by atoms with E-state index in [4.69, 9.17) is 9.94 Å². The fourth-order valence-corrected chi connectivity index (χ4v) is 1.84. The second-order valence-electron chi connectivity index (χ2n) is 5.32. The van der Waals surface area contributed by atoms with Crippen LogP contribution in [0.5, 0.6) is 0 Å². The molecule has 94 valence electrons. The van der Waals surface area contributed by atoms with Crippen molar-refractivity contribution in [3.8, 4) is 0 Å². The third-order valence-electron chi connectivity index (χ3n) is 2.63. The number of nitrogens with one attached hydrogen (secondary N) is 2. The van der Waals surface area contributed by atoms with E-state index in [1.54, 1.807) is 0 Å². The Morgan fingerprint density at radius 2 is 1.69 bits per heavy atom. The summed E-state index contributed by atoms with van der Waals surface area (Å²) in [6, 6.07) is 0.330. The molecule has 0 saturated heterocycles. The van der Waals surface area contributed by atoms with Gasteiger partial charge in [0.2, 0.25) is 0 Å². The van der Waals surface area contributed by atoms with E-state index in [2.05, 4.69) is 10.8 Å². The Morgan fingerprint density at radius 3 is 2.12 bits per heavy atom. The molecule has 1 aliphatic carbocycles. The molecular formula is C11H22N2O3. The van der Waals surface area contributed by atoms with Crippen LogP contribution in [0.3, 0.4) is 0 Å². The summed E-state index contributed by atoms with van der Waals surface area (Å²) in [6.45, 7) is 5.54. The summed E-state index contributed by atoms with van der Waals surface area (Å²) < 4.78 is 5.18. The Labute approximate surface area is 96.5 Å². The lowest BCUT2D eigenvalue weighted by molar-refractivity contribution is 0.0473. The van der Waals surface area contributed by atoms with E-state index in [1.165, 1.54) is 0 Å². The summed E-state index contributed by atoms with van der Waals surface area (Å²) in [5.74, 6) is 0. The van der Waals surface area contributed by atoms with Gasteiger partial charge in [0, 0.05) is 12.1 Å². The SMILES string of the molecule is CC(C)(C)OC(=O)NC1CCC(NO)CC1. The molecule has 0 unspecified atom stereocenters. The minimum atomic E-state index is -0.450. The largest absolute Gasteiger partial charge is 0.444 e. The number of alkyl carbamates (subject to hydrolysis) is 1. The minimum Gasteiger partial charge on any atom is -0.444 e. The summed E-state index contributed by atoms with van der Waals surface area (Å²) in [6.07, 6.45) is 3.14. The third kappa shape index (κ3) is 4.81. The van der Waals surface area contributed by atoms with Gasteiger partial charge in [0.1, 0.15) is 5.60 Å². The molecule has 3 N–H and O–H groups in total. The monoisotopic (exact) mass is 230 g/mol.